The van der Waals surface area contributed by atoms with E-state index in [0.29, 0.717) is 36.0 Å². The molecule has 0 saturated carbocycles. The van der Waals surface area contributed by atoms with Gasteiger partial charge in [0.1, 0.15) is 17.7 Å². The van der Waals surface area contributed by atoms with E-state index >= 15 is 0 Å². The van der Waals surface area contributed by atoms with Crippen molar-refractivity contribution in [1.82, 2.24) is 20.2 Å². The predicted molar refractivity (Wildman–Crippen MR) is 105 cm³/mol. The van der Waals surface area contributed by atoms with Crippen molar-refractivity contribution < 1.29 is 13.9 Å². The number of carbonyl (C=O) groups excluding carboxylic acids is 1. The molecule has 1 saturated heterocycles. The highest BCUT2D eigenvalue weighted by Gasteiger charge is 2.33. The molecule has 2 aromatic heterocycles. The highest BCUT2D eigenvalue weighted by Crippen LogP contribution is 2.27. The number of nitrogens with zero attached hydrogens (tertiary/aromatic N) is 5. The third kappa shape index (κ3) is 4.24. The van der Waals surface area contributed by atoms with Gasteiger partial charge in [-0.1, -0.05) is 11.6 Å². The third-order valence-electron chi connectivity index (χ3n) is 4.27. The van der Waals surface area contributed by atoms with Crippen LogP contribution in [0.15, 0.2) is 42.9 Å². The van der Waals surface area contributed by atoms with E-state index in [1.807, 2.05) is 4.90 Å². The lowest BCUT2D eigenvalue weighted by Crippen LogP contribution is -2.54. The van der Waals surface area contributed by atoms with Crippen LogP contribution in [0, 0.1) is 12.7 Å². The van der Waals surface area contributed by atoms with E-state index in [0.717, 1.165) is 0 Å². The van der Waals surface area contributed by atoms with Gasteiger partial charge in [0.25, 0.3) is 5.91 Å². The Morgan fingerprint density at radius 3 is 2.83 bits per heavy atom. The largest absolute Gasteiger partial charge is 0.487 e. The van der Waals surface area contributed by atoms with Crippen molar-refractivity contribution in [3.05, 3.63) is 65.1 Å². The molecule has 29 heavy (non-hydrogen) atoms. The topological polar surface area (TPSA) is 93.1 Å². The molecule has 0 radical (unpaired) electrons. The summed E-state index contributed by atoms with van der Waals surface area (Å²) < 4.78 is 19.0. The Bertz CT molecular complexity index is 1060. The molecule has 1 N–H and O–H groups in total. The monoisotopic (exact) mass is 414 g/mol. The zero-order valence-electron chi connectivity index (χ0n) is 15.3. The van der Waals surface area contributed by atoms with E-state index in [1.54, 1.807) is 13.0 Å². The molecule has 8 nitrogen and oxygen atoms in total. The minimum atomic E-state index is -0.496. The van der Waals surface area contributed by atoms with Crippen molar-refractivity contribution in [2.45, 2.75) is 13.0 Å². The van der Waals surface area contributed by atoms with Crippen LogP contribution in [0.2, 0.25) is 5.02 Å². The lowest BCUT2D eigenvalue weighted by Gasteiger charge is -2.40. The van der Waals surface area contributed by atoms with Gasteiger partial charge in [-0.3, -0.25) is 4.79 Å². The molecule has 4 rings (SSSR count). The molecule has 3 aromatic rings. The second-order valence-electron chi connectivity index (χ2n) is 6.49. The predicted octanol–water partition coefficient (Wildman–Crippen LogP) is 2.89. The van der Waals surface area contributed by atoms with Crippen LogP contribution in [0.5, 0.6) is 5.75 Å². The number of hydrogen-bond acceptors (Lipinski definition) is 7. The fraction of sp³-hybridized carbons (Fsp3) is 0.211. The number of ether oxygens (including phenoxy) is 1. The van der Waals surface area contributed by atoms with Gasteiger partial charge in [-0.25, -0.2) is 14.4 Å². The van der Waals surface area contributed by atoms with E-state index in [-0.39, 0.29) is 16.8 Å². The summed E-state index contributed by atoms with van der Waals surface area (Å²) in [5, 5.41) is 10.4. The first kappa shape index (κ1) is 19.0. The smallest absolute Gasteiger partial charge is 0.278 e. The number of rotatable bonds is 5. The summed E-state index contributed by atoms with van der Waals surface area (Å²) in [5.41, 5.74) is 1.41. The zero-order chi connectivity index (χ0) is 20.4. The molecule has 1 amide bonds. The standard InChI is InChI=1S/C19H16ClFN6O2/c1-11-6-12(8-24-26-11)25-19(28)17-18(23-5-4-22-17)27-9-14(10-27)29-13-2-3-16(21)15(20)7-13/h2-8,14H,9-10H2,1H3,(H,25,26,28). The van der Waals surface area contributed by atoms with E-state index < -0.39 is 11.7 Å². The van der Waals surface area contributed by atoms with Gasteiger partial charge in [0.2, 0.25) is 0 Å². The quantitative estimate of drug-likeness (QED) is 0.686. The van der Waals surface area contributed by atoms with Crippen molar-refractivity contribution in [3.8, 4) is 5.75 Å². The molecular formula is C19H16ClFN6O2. The number of hydrogen-bond donors (Lipinski definition) is 1. The molecular weight excluding hydrogens is 399 g/mol. The average molecular weight is 415 g/mol. The molecule has 3 heterocycles. The van der Waals surface area contributed by atoms with Gasteiger partial charge in [-0.15, -0.1) is 0 Å². The Balaban J connectivity index is 1.42. The van der Waals surface area contributed by atoms with Crippen LogP contribution in [0.25, 0.3) is 0 Å². The average Bonchev–Trinajstić information content (AvgIpc) is 2.67. The Morgan fingerprint density at radius 2 is 2.07 bits per heavy atom. The lowest BCUT2D eigenvalue weighted by molar-refractivity contribution is 0.102. The normalized spacial score (nSPS) is 13.7. The first-order valence-electron chi connectivity index (χ1n) is 8.78. The number of nitrogens with one attached hydrogen (secondary N) is 1. The number of carbonyl (C=O) groups is 1. The molecule has 0 bridgehead atoms. The van der Waals surface area contributed by atoms with Gasteiger partial charge in [0, 0.05) is 18.5 Å². The molecule has 0 atom stereocenters. The molecule has 0 aliphatic carbocycles. The number of benzene rings is 1. The second kappa shape index (κ2) is 7.96. The molecule has 148 valence electrons. The van der Waals surface area contributed by atoms with Crippen molar-refractivity contribution in [2.24, 2.45) is 0 Å². The highest BCUT2D eigenvalue weighted by molar-refractivity contribution is 6.30. The SMILES string of the molecule is Cc1cc(NC(=O)c2nccnc2N2CC(Oc3ccc(F)c(Cl)c3)C2)cnn1. The molecule has 10 heteroatoms. The first-order valence-corrected chi connectivity index (χ1v) is 9.16. The summed E-state index contributed by atoms with van der Waals surface area (Å²) >= 11 is 5.78. The summed E-state index contributed by atoms with van der Waals surface area (Å²) in [6.45, 7) is 2.79. The fourth-order valence-electron chi connectivity index (χ4n) is 2.88. The van der Waals surface area contributed by atoms with Crippen molar-refractivity contribution >= 4 is 29.0 Å². The van der Waals surface area contributed by atoms with Crippen LogP contribution in [0.1, 0.15) is 16.2 Å². The molecule has 0 spiro atoms. The maximum absolute atomic E-state index is 13.3. The summed E-state index contributed by atoms with van der Waals surface area (Å²) in [5.74, 6) is 0.0543. The van der Waals surface area contributed by atoms with E-state index in [9.17, 15) is 9.18 Å². The van der Waals surface area contributed by atoms with Crippen LogP contribution in [-0.4, -0.2) is 45.3 Å². The maximum Gasteiger partial charge on any atom is 0.278 e. The zero-order valence-corrected chi connectivity index (χ0v) is 16.1. The minimum absolute atomic E-state index is 0.00685. The number of halogens is 2. The number of amides is 1. The van der Waals surface area contributed by atoms with Crippen molar-refractivity contribution in [2.75, 3.05) is 23.3 Å². The Morgan fingerprint density at radius 1 is 1.28 bits per heavy atom. The van der Waals surface area contributed by atoms with Gasteiger partial charge in [-0.2, -0.15) is 10.2 Å². The number of aryl methyl sites for hydroxylation is 1. The fourth-order valence-corrected chi connectivity index (χ4v) is 3.05. The molecule has 1 aliphatic heterocycles. The molecule has 0 unspecified atom stereocenters. The minimum Gasteiger partial charge on any atom is -0.487 e. The summed E-state index contributed by atoms with van der Waals surface area (Å²) in [6, 6.07) is 5.93. The van der Waals surface area contributed by atoms with Crippen LogP contribution < -0.4 is 15.0 Å². The van der Waals surface area contributed by atoms with Gasteiger partial charge in [-0.05, 0) is 25.1 Å². The van der Waals surface area contributed by atoms with Crippen molar-refractivity contribution in [1.29, 1.82) is 0 Å². The van der Waals surface area contributed by atoms with Gasteiger partial charge >= 0.3 is 0 Å². The Labute approximate surface area is 170 Å². The molecule has 1 aliphatic rings. The first-order chi connectivity index (χ1) is 14.0. The summed E-state index contributed by atoms with van der Waals surface area (Å²) in [6.07, 6.45) is 4.31. The molecule has 1 fully saturated rings. The number of anilines is 2. The van der Waals surface area contributed by atoms with E-state index in [1.165, 1.54) is 36.8 Å². The van der Waals surface area contributed by atoms with Gasteiger partial charge in [0.15, 0.2) is 11.5 Å². The van der Waals surface area contributed by atoms with E-state index in [4.69, 9.17) is 16.3 Å². The lowest BCUT2D eigenvalue weighted by atomic mass is 10.1. The third-order valence-corrected chi connectivity index (χ3v) is 4.56. The van der Waals surface area contributed by atoms with Crippen molar-refractivity contribution in [3.63, 3.8) is 0 Å². The van der Waals surface area contributed by atoms with Crippen LogP contribution in [0.3, 0.4) is 0 Å². The Hall–Kier alpha value is -3.33. The van der Waals surface area contributed by atoms with Gasteiger partial charge < -0.3 is 15.0 Å². The van der Waals surface area contributed by atoms with Crippen LogP contribution in [-0.2, 0) is 0 Å². The summed E-state index contributed by atoms with van der Waals surface area (Å²) in [4.78, 5) is 23.0. The van der Waals surface area contributed by atoms with Crippen LogP contribution in [0.4, 0.5) is 15.9 Å². The summed E-state index contributed by atoms with van der Waals surface area (Å²) in [7, 11) is 0. The highest BCUT2D eigenvalue weighted by atomic mass is 35.5. The maximum atomic E-state index is 13.3. The second-order valence-corrected chi connectivity index (χ2v) is 6.90. The Kier molecular flexibility index (Phi) is 5.22. The van der Waals surface area contributed by atoms with Gasteiger partial charge in [0.05, 0.1) is 35.7 Å². The number of aromatic nitrogens is 4. The van der Waals surface area contributed by atoms with E-state index in [2.05, 4.69) is 25.5 Å². The van der Waals surface area contributed by atoms with Crippen LogP contribution >= 0.6 is 11.6 Å². The molecule has 1 aromatic carbocycles.